The van der Waals surface area contributed by atoms with E-state index in [2.05, 4.69) is 15.7 Å². The summed E-state index contributed by atoms with van der Waals surface area (Å²) < 4.78 is 52.4. The molecule has 0 atom stereocenters. The molecule has 0 radical (unpaired) electrons. The molecule has 2 heterocycles. The number of nitrogens with two attached hydrogens (primary N) is 1. The molecule has 0 aliphatic carbocycles. The van der Waals surface area contributed by atoms with E-state index in [9.17, 15) is 27.2 Å². The van der Waals surface area contributed by atoms with Crippen LogP contribution in [0.25, 0.3) is 0 Å². The van der Waals surface area contributed by atoms with Gasteiger partial charge in [0.15, 0.2) is 0 Å². The fourth-order valence-electron chi connectivity index (χ4n) is 3.22. The molecular formula is C18H20F4N5O2+. The maximum Gasteiger partial charge on any atom is 0.278 e. The highest BCUT2D eigenvalue weighted by Gasteiger charge is 2.30. The fourth-order valence-corrected chi connectivity index (χ4v) is 3.22. The largest absolute Gasteiger partial charge is 0.348 e. The molecule has 0 saturated carbocycles. The van der Waals surface area contributed by atoms with E-state index in [4.69, 9.17) is 0 Å². The molecule has 1 aromatic rings. The molecule has 0 spiro atoms. The first kappa shape index (κ1) is 20.9. The Morgan fingerprint density at radius 2 is 1.83 bits per heavy atom. The lowest BCUT2D eigenvalue weighted by atomic mass is 10.0. The number of quaternary nitrogens is 1. The minimum atomic E-state index is -2.40. The lowest BCUT2D eigenvalue weighted by molar-refractivity contribution is -0.590. The number of nitrogens with zero attached hydrogens (tertiary/aromatic N) is 2. The maximum atomic E-state index is 13.8. The molecule has 0 unspecified atom stereocenters. The van der Waals surface area contributed by atoms with Crippen LogP contribution in [-0.2, 0) is 4.79 Å². The van der Waals surface area contributed by atoms with Gasteiger partial charge in [-0.25, -0.2) is 17.6 Å². The zero-order chi connectivity index (χ0) is 21.0. The Labute approximate surface area is 163 Å². The number of alkyl halides is 2. The van der Waals surface area contributed by atoms with Crippen molar-refractivity contribution < 1.29 is 32.6 Å². The molecule has 2 aliphatic heterocycles. The van der Waals surface area contributed by atoms with Crippen LogP contribution in [0.2, 0.25) is 0 Å². The number of likely N-dealkylation sites (tertiary alicyclic amines) is 1. The highest BCUT2D eigenvalue weighted by molar-refractivity contribution is 6.45. The molecule has 4 N–H and O–H groups in total. The van der Waals surface area contributed by atoms with Crippen LogP contribution >= 0.6 is 0 Å². The minimum Gasteiger partial charge on any atom is -0.348 e. The summed E-state index contributed by atoms with van der Waals surface area (Å²) in [4.78, 5) is 26.4. The van der Waals surface area contributed by atoms with Gasteiger partial charge in [0.1, 0.15) is 29.1 Å². The third kappa shape index (κ3) is 5.18. The highest BCUT2D eigenvalue weighted by Crippen LogP contribution is 2.14. The topological polar surface area (TPSA) is 90.4 Å². The summed E-state index contributed by atoms with van der Waals surface area (Å²) in [6.45, 7) is 0.563. The Morgan fingerprint density at radius 3 is 2.45 bits per heavy atom. The first-order chi connectivity index (χ1) is 13.8. The SMILES string of the molecule is O=C(NC1CCN(CC(F)F)CC1)C1=N[NH2+]C=C1NC(=O)c1c(F)cccc1F. The van der Waals surface area contributed by atoms with Gasteiger partial charge in [0.05, 0.1) is 6.54 Å². The Balaban J connectivity index is 1.57. The van der Waals surface area contributed by atoms with E-state index in [0.29, 0.717) is 25.9 Å². The van der Waals surface area contributed by atoms with Crippen molar-refractivity contribution in [3.8, 4) is 0 Å². The van der Waals surface area contributed by atoms with Crippen molar-refractivity contribution in [2.75, 3.05) is 19.6 Å². The van der Waals surface area contributed by atoms with Crippen LogP contribution in [0.15, 0.2) is 35.2 Å². The summed E-state index contributed by atoms with van der Waals surface area (Å²) in [5.41, 5.74) is 0.454. The van der Waals surface area contributed by atoms with Gasteiger partial charge in [-0.15, -0.1) is 0 Å². The number of rotatable bonds is 6. The predicted molar refractivity (Wildman–Crippen MR) is 94.9 cm³/mol. The smallest absolute Gasteiger partial charge is 0.278 e. The van der Waals surface area contributed by atoms with E-state index >= 15 is 0 Å². The summed E-state index contributed by atoms with van der Waals surface area (Å²) in [5.74, 6) is -3.65. The van der Waals surface area contributed by atoms with Gasteiger partial charge < -0.3 is 10.6 Å². The van der Waals surface area contributed by atoms with Crippen LogP contribution in [0.1, 0.15) is 23.2 Å². The number of piperidine rings is 1. The molecule has 7 nitrogen and oxygen atoms in total. The third-order valence-corrected chi connectivity index (χ3v) is 4.67. The molecule has 1 fully saturated rings. The highest BCUT2D eigenvalue weighted by atomic mass is 19.3. The zero-order valence-electron chi connectivity index (χ0n) is 15.3. The van der Waals surface area contributed by atoms with Gasteiger partial charge in [-0.2, -0.15) is 5.43 Å². The Hall–Kier alpha value is -2.79. The molecular weight excluding hydrogens is 394 g/mol. The van der Waals surface area contributed by atoms with Gasteiger partial charge in [0.25, 0.3) is 18.2 Å². The van der Waals surface area contributed by atoms with Gasteiger partial charge in [0.2, 0.25) is 5.71 Å². The molecule has 29 heavy (non-hydrogen) atoms. The zero-order valence-corrected chi connectivity index (χ0v) is 15.3. The van der Waals surface area contributed by atoms with E-state index in [0.717, 1.165) is 18.2 Å². The van der Waals surface area contributed by atoms with E-state index in [-0.39, 0.29) is 24.0 Å². The van der Waals surface area contributed by atoms with Crippen molar-refractivity contribution in [2.45, 2.75) is 25.3 Å². The van der Waals surface area contributed by atoms with Gasteiger partial charge >= 0.3 is 0 Å². The van der Waals surface area contributed by atoms with Gasteiger partial charge in [0, 0.05) is 19.1 Å². The number of carbonyl (C=O) groups is 2. The van der Waals surface area contributed by atoms with Crippen molar-refractivity contribution in [2.24, 2.45) is 5.10 Å². The van der Waals surface area contributed by atoms with Crippen LogP contribution in [-0.4, -0.2) is 54.5 Å². The second-order valence-electron chi connectivity index (χ2n) is 6.70. The van der Waals surface area contributed by atoms with Gasteiger partial charge in [-0.05, 0) is 25.0 Å². The van der Waals surface area contributed by atoms with Crippen molar-refractivity contribution in [1.82, 2.24) is 15.5 Å². The van der Waals surface area contributed by atoms with E-state index in [1.54, 1.807) is 4.90 Å². The van der Waals surface area contributed by atoms with Crippen molar-refractivity contribution in [3.05, 3.63) is 47.3 Å². The maximum absolute atomic E-state index is 13.8. The van der Waals surface area contributed by atoms with Crippen molar-refractivity contribution in [3.63, 3.8) is 0 Å². The summed E-state index contributed by atoms with van der Waals surface area (Å²) in [6.07, 6.45) is -0.0560. The normalized spacial score (nSPS) is 17.8. The number of hydrogen-bond acceptors (Lipinski definition) is 4. The van der Waals surface area contributed by atoms with E-state index < -0.39 is 35.4 Å². The third-order valence-electron chi connectivity index (χ3n) is 4.67. The second-order valence-corrected chi connectivity index (χ2v) is 6.70. The van der Waals surface area contributed by atoms with Gasteiger partial charge in [-0.1, -0.05) is 11.2 Å². The number of hydrogen-bond donors (Lipinski definition) is 3. The average Bonchev–Trinajstić information content (AvgIpc) is 3.11. The summed E-state index contributed by atoms with van der Waals surface area (Å²) >= 11 is 0. The van der Waals surface area contributed by atoms with Crippen LogP contribution in [0.4, 0.5) is 17.6 Å². The first-order valence-electron chi connectivity index (χ1n) is 9.03. The molecule has 0 aromatic heterocycles. The molecule has 1 saturated heterocycles. The average molecular weight is 414 g/mol. The number of halogens is 4. The van der Waals surface area contributed by atoms with Crippen LogP contribution in [0.3, 0.4) is 0 Å². The number of carbonyl (C=O) groups excluding carboxylic acids is 2. The number of amides is 2. The molecule has 1 aromatic carbocycles. The molecule has 2 amide bonds. The lowest BCUT2D eigenvalue weighted by Crippen LogP contribution is -2.69. The Morgan fingerprint density at radius 1 is 1.17 bits per heavy atom. The van der Waals surface area contributed by atoms with E-state index in [1.807, 2.05) is 0 Å². The summed E-state index contributed by atoms with van der Waals surface area (Å²) in [6, 6.07) is 2.82. The standard InChI is InChI=1S/C18H19F4N5O2/c19-11-2-1-3-12(20)15(11)17(28)25-13-8-23-26-16(13)18(29)24-10-4-6-27(7-5-10)9-14(21)22/h1-3,8,10,14H,4-7,9H2,(H,23,26)(H,24,29)(H,25,28)/p+1. The number of nitrogens with one attached hydrogen (secondary N) is 2. The quantitative estimate of drug-likeness (QED) is 0.463. The monoisotopic (exact) mass is 414 g/mol. The second kappa shape index (κ2) is 9.14. The molecule has 156 valence electrons. The van der Waals surface area contributed by atoms with Crippen LogP contribution in [0.5, 0.6) is 0 Å². The molecule has 0 bridgehead atoms. The Bertz CT molecular complexity index is 830. The lowest BCUT2D eigenvalue weighted by Gasteiger charge is -2.31. The van der Waals surface area contributed by atoms with Crippen molar-refractivity contribution >= 4 is 17.5 Å². The van der Waals surface area contributed by atoms with Crippen LogP contribution < -0.4 is 16.1 Å². The summed E-state index contributed by atoms with van der Waals surface area (Å²) in [5, 5.41) is 8.96. The van der Waals surface area contributed by atoms with E-state index in [1.165, 1.54) is 11.6 Å². The molecule has 2 aliphatic rings. The minimum absolute atomic E-state index is 0.0188. The van der Waals surface area contributed by atoms with Crippen LogP contribution in [0, 0.1) is 11.6 Å². The molecule has 3 rings (SSSR count). The van der Waals surface area contributed by atoms with Gasteiger partial charge in [-0.3, -0.25) is 14.5 Å². The first-order valence-corrected chi connectivity index (χ1v) is 9.03. The Kier molecular flexibility index (Phi) is 6.60. The fraction of sp³-hybridized carbons (Fsp3) is 0.389. The molecule has 11 heteroatoms. The summed E-state index contributed by atoms with van der Waals surface area (Å²) in [7, 11) is 0. The number of benzene rings is 1. The predicted octanol–water partition coefficient (Wildman–Crippen LogP) is 0.315. The van der Waals surface area contributed by atoms with Crippen molar-refractivity contribution in [1.29, 1.82) is 0 Å².